The van der Waals surface area contributed by atoms with Crippen LogP contribution >= 0.6 is 0 Å². The number of carbonyl (C=O) groups excluding carboxylic acids is 1. The van der Waals surface area contributed by atoms with Crippen molar-refractivity contribution in [2.24, 2.45) is 0 Å². The summed E-state index contributed by atoms with van der Waals surface area (Å²) in [7, 11) is 1.61. The zero-order valence-corrected chi connectivity index (χ0v) is 12.4. The van der Waals surface area contributed by atoms with Crippen LogP contribution in [0.4, 0.5) is 5.69 Å². The topological polar surface area (TPSA) is 60.5 Å². The molecule has 1 aromatic heterocycles. The van der Waals surface area contributed by atoms with E-state index in [2.05, 4.69) is 10.3 Å². The van der Waals surface area contributed by atoms with Crippen LogP contribution in [-0.2, 0) is 9.53 Å². The van der Waals surface area contributed by atoms with Gasteiger partial charge in [-0.15, -0.1) is 0 Å². The van der Waals surface area contributed by atoms with Crippen LogP contribution in [0.2, 0.25) is 0 Å². The fourth-order valence-electron chi connectivity index (χ4n) is 2.60. The lowest BCUT2D eigenvalue weighted by molar-refractivity contribution is -0.137. The number of anilines is 1. The molecule has 1 aliphatic carbocycles. The number of carbonyl (C=O) groups is 1. The number of rotatable bonds is 5. The number of nitrogens with one attached hydrogen (secondary N) is 1. The van der Waals surface area contributed by atoms with Crippen LogP contribution in [0.15, 0.2) is 12.1 Å². The van der Waals surface area contributed by atoms with Gasteiger partial charge in [0.25, 0.3) is 5.91 Å². The molecule has 1 aromatic rings. The molecule has 1 N–H and O–H groups in total. The van der Waals surface area contributed by atoms with Gasteiger partial charge >= 0.3 is 0 Å². The molecule has 0 saturated heterocycles. The fraction of sp³-hybridized carbons (Fsp3) is 0.600. The summed E-state index contributed by atoms with van der Waals surface area (Å²) in [6.07, 6.45) is 3.61. The Balaban J connectivity index is 2.11. The van der Waals surface area contributed by atoms with E-state index >= 15 is 0 Å². The number of pyridine rings is 1. The van der Waals surface area contributed by atoms with Crippen LogP contribution in [0.5, 0.6) is 5.88 Å². The Morgan fingerprint density at radius 3 is 2.65 bits per heavy atom. The van der Waals surface area contributed by atoms with E-state index in [1.807, 2.05) is 19.9 Å². The highest BCUT2D eigenvalue weighted by atomic mass is 16.5. The Labute approximate surface area is 119 Å². The Bertz CT molecular complexity index is 482. The second kappa shape index (κ2) is 6.22. The summed E-state index contributed by atoms with van der Waals surface area (Å²) in [5, 5.41) is 2.93. The molecule has 1 amide bonds. The quantitative estimate of drug-likeness (QED) is 0.899. The predicted octanol–water partition coefficient (Wildman–Crippen LogP) is 2.69. The van der Waals surface area contributed by atoms with E-state index in [1.165, 1.54) is 0 Å². The highest BCUT2D eigenvalue weighted by molar-refractivity contribution is 5.97. The van der Waals surface area contributed by atoms with Gasteiger partial charge in [-0.2, -0.15) is 0 Å². The van der Waals surface area contributed by atoms with Gasteiger partial charge in [0.2, 0.25) is 5.88 Å². The SMILES string of the molecule is CCOc1ccc(NC(=O)C2(OC)CCCC2)c(C)n1. The maximum Gasteiger partial charge on any atom is 0.256 e. The normalized spacial score (nSPS) is 16.9. The lowest BCUT2D eigenvalue weighted by Gasteiger charge is -2.26. The second-order valence-electron chi connectivity index (χ2n) is 5.08. The number of hydrogen-bond donors (Lipinski definition) is 1. The van der Waals surface area contributed by atoms with Crippen molar-refractivity contribution >= 4 is 11.6 Å². The summed E-state index contributed by atoms with van der Waals surface area (Å²) < 4.78 is 10.8. The third kappa shape index (κ3) is 2.93. The Morgan fingerprint density at radius 1 is 1.40 bits per heavy atom. The average molecular weight is 278 g/mol. The Kier molecular flexibility index (Phi) is 4.60. The number of ether oxygens (including phenoxy) is 2. The highest BCUT2D eigenvalue weighted by Crippen LogP contribution is 2.34. The Morgan fingerprint density at radius 2 is 2.10 bits per heavy atom. The maximum atomic E-state index is 12.4. The molecule has 20 heavy (non-hydrogen) atoms. The molecule has 1 heterocycles. The van der Waals surface area contributed by atoms with Crippen LogP contribution in [0.1, 0.15) is 38.3 Å². The maximum absolute atomic E-state index is 12.4. The molecule has 0 bridgehead atoms. The molecule has 0 atom stereocenters. The highest BCUT2D eigenvalue weighted by Gasteiger charge is 2.41. The molecule has 1 saturated carbocycles. The van der Waals surface area contributed by atoms with Crippen molar-refractivity contribution in [3.8, 4) is 5.88 Å². The average Bonchev–Trinajstić information content (AvgIpc) is 2.92. The minimum Gasteiger partial charge on any atom is -0.478 e. The molecule has 5 nitrogen and oxygen atoms in total. The molecule has 2 rings (SSSR count). The lowest BCUT2D eigenvalue weighted by Crippen LogP contribution is -2.42. The van der Waals surface area contributed by atoms with Crippen LogP contribution in [-0.4, -0.2) is 30.2 Å². The predicted molar refractivity (Wildman–Crippen MR) is 77.0 cm³/mol. The first kappa shape index (κ1) is 14.8. The van der Waals surface area contributed by atoms with E-state index < -0.39 is 5.60 Å². The van der Waals surface area contributed by atoms with Gasteiger partial charge < -0.3 is 14.8 Å². The van der Waals surface area contributed by atoms with E-state index in [0.717, 1.165) is 31.4 Å². The molecular weight excluding hydrogens is 256 g/mol. The zero-order valence-electron chi connectivity index (χ0n) is 12.4. The van der Waals surface area contributed by atoms with E-state index in [4.69, 9.17) is 9.47 Å². The van der Waals surface area contributed by atoms with Gasteiger partial charge in [0.05, 0.1) is 18.0 Å². The zero-order chi connectivity index (χ0) is 14.6. The van der Waals surface area contributed by atoms with E-state index in [9.17, 15) is 4.79 Å². The van der Waals surface area contributed by atoms with Crippen molar-refractivity contribution in [3.05, 3.63) is 17.8 Å². The first-order chi connectivity index (χ1) is 9.61. The number of nitrogens with zero attached hydrogens (tertiary/aromatic N) is 1. The van der Waals surface area contributed by atoms with Gasteiger partial charge in [-0.3, -0.25) is 4.79 Å². The number of aromatic nitrogens is 1. The largest absolute Gasteiger partial charge is 0.478 e. The van der Waals surface area contributed by atoms with Gasteiger partial charge in [-0.25, -0.2) is 4.98 Å². The van der Waals surface area contributed by atoms with Gasteiger partial charge in [0.15, 0.2) is 0 Å². The molecule has 1 aliphatic rings. The number of aryl methyl sites for hydroxylation is 1. The van der Waals surface area contributed by atoms with Gasteiger partial charge in [-0.05, 0) is 45.6 Å². The van der Waals surface area contributed by atoms with Crippen molar-refractivity contribution in [1.29, 1.82) is 0 Å². The molecule has 5 heteroatoms. The summed E-state index contributed by atoms with van der Waals surface area (Å²) in [5.41, 5.74) is 0.778. The fourth-order valence-corrected chi connectivity index (χ4v) is 2.60. The minimum absolute atomic E-state index is 0.0773. The van der Waals surface area contributed by atoms with Gasteiger partial charge in [0.1, 0.15) is 5.60 Å². The van der Waals surface area contributed by atoms with Crippen molar-refractivity contribution < 1.29 is 14.3 Å². The summed E-state index contributed by atoms with van der Waals surface area (Å²) in [5.74, 6) is 0.497. The summed E-state index contributed by atoms with van der Waals surface area (Å²) >= 11 is 0. The molecular formula is C15H22N2O3. The van der Waals surface area contributed by atoms with Crippen LogP contribution < -0.4 is 10.1 Å². The number of amides is 1. The third-order valence-electron chi connectivity index (χ3n) is 3.82. The monoisotopic (exact) mass is 278 g/mol. The number of hydrogen-bond acceptors (Lipinski definition) is 4. The van der Waals surface area contributed by atoms with Crippen molar-refractivity contribution in [2.45, 2.75) is 45.1 Å². The third-order valence-corrected chi connectivity index (χ3v) is 3.82. The van der Waals surface area contributed by atoms with E-state index in [1.54, 1.807) is 13.2 Å². The van der Waals surface area contributed by atoms with Crippen LogP contribution in [0.3, 0.4) is 0 Å². The summed E-state index contributed by atoms with van der Waals surface area (Å²) in [6, 6.07) is 3.59. The molecule has 1 fully saturated rings. The molecule has 0 unspecified atom stereocenters. The number of methoxy groups -OCH3 is 1. The molecule has 0 aliphatic heterocycles. The second-order valence-corrected chi connectivity index (χ2v) is 5.08. The van der Waals surface area contributed by atoms with Crippen molar-refractivity contribution in [2.75, 3.05) is 19.0 Å². The first-order valence-corrected chi connectivity index (χ1v) is 7.08. The molecule has 0 radical (unpaired) electrons. The van der Waals surface area contributed by atoms with Crippen molar-refractivity contribution in [1.82, 2.24) is 4.98 Å². The smallest absolute Gasteiger partial charge is 0.256 e. The van der Waals surface area contributed by atoms with Crippen LogP contribution in [0.25, 0.3) is 0 Å². The van der Waals surface area contributed by atoms with E-state index in [0.29, 0.717) is 18.2 Å². The van der Waals surface area contributed by atoms with Crippen LogP contribution in [0, 0.1) is 6.92 Å². The van der Waals surface area contributed by atoms with Crippen molar-refractivity contribution in [3.63, 3.8) is 0 Å². The summed E-state index contributed by atoms with van der Waals surface area (Å²) in [4.78, 5) is 16.7. The first-order valence-electron chi connectivity index (χ1n) is 7.08. The molecule has 110 valence electrons. The minimum atomic E-state index is -0.676. The summed E-state index contributed by atoms with van der Waals surface area (Å²) in [6.45, 7) is 4.34. The van der Waals surface area contributed by atoms with Gasteiger partial charge in [0, 0.05) is 13.2 Å². The molecule has 0 spiro atoms. The Hall–Kier alpha value is -1.62. The van der Waals surface area contributed by atoms with E-state index in [-0.39, 0.29) is 5.91 Å². The van der Waals surface area contributed by atoms with Gasteiger partial charge in [-0.1, -0.05) is 0 Å². The lowest BCUT2D eigenvalue weighted by atomic mass is 10.0. The molecule has 0 aromatic carbocycles. The standard InChI is InChI=1S/C15H22N2O3/c1-4-20-13-8-7-12(11(2)16-13)17-14(18)15(19-3)9-5-6-10-15/h7-8H,4-6,9-10H2,1-3H3,(H,17,18).